The summed E-state index contributed by atoms with van der Waals surface area (Å²) in [6.45, 7) is 22.7. The van der Waals surface area contributed by atoms with Crippen LogP contribution in [0, 0.1) is 25.2 Å². The molecule has 30 heavy (non-hydrogen) atoms. The lowest BCUT2D eigenvalue weighted by Gasteiger charge is -2.26. The molecule has 0 aliphatic rings. The fraction of sp³-hybridized carbons (Fsp3) is 0.407. The van der Waals surface area contributed by atoms with Crippen molar-refractivity contribution in [1.82, 2.24) is 4.98 Å². The lowest BCUT2D eigenvalue weighted by molar-refractivity contribution is 0.897. The molecule has 162 valence electrons. The molecule has 1 unspecified atom stereocenters. The number of nitrogens with two attached hydrogens (primary N) is 1. The van der Waals surface area contributed by atoms with Crippen LogP contribution in [-0.2, 0) is 0 Å². The Morgan fingerprint density at radius 3 is 2.10 bits per heavy atom. The van der Waals surface area contributed by atoms with Crippen LogP contribution < -0.4 is 5.73 Å². The van der Waals surface area contributed by atoms with Gasteiger partial charge in [0.1, 0.15) is 0 Å². The van der Waals surface area contributed by atoms with Crippen molar-refractivity contribution in [2.24, 2.45) is 0 Å². The van der Waals surface area contributed by atoms with Gasteiger partial charge in [-0.3, -0.25) is 4.98 Å². The molecule has 0 fully saturated rings. The maximum absolute atomic E-state index is 9.17. The molecule has 2 rings (SSSR count). The highest BCUT2D eigenvalue weighted by molar-refractivity contribution is 5.56. The van der Waals surface area contributed by atoms with Crippen LogP contribution in [0.25, 0.3) is 0 Å². The van der Waals surface area contributed by atoms with Crippen molar-refractivity contribution in [3.05, 3.63) is 81.7 Å². The molecule has 2 N–H and O–H groups in total. The maximum atomic E-state index is 9.17. The minimum atomic E-state index is -0.00811. The molecule has 3 nitrogen and oxygen atoms in total. The molecule has 0 bridgehead atoms. The van der Waals surface area contributed by atoms with Crippen molar-refractivity contribution in [3.8, 4) is 6.07 Å². The summed E-state index contributed by atoms with van der Waals surface area (Å²) in [5, 5.41) is 9.17. The minimum absolute atomic E-state index is 0.00811. The first-order valence-electron chi connectivity index (χ1n) is 10.7. The normalized spacial score (nSPS) is 10.4. The average molecular weight is 406 g/mol. The van der Waals surface area contributed by atoms with Crippen LogP contribution in [0.2, 0.25) is 0 Å². The smallest absolute Gasteiger partial charge is 0.0991 e. The Kier molecular flexibility index (Phi) is 12.1. The number of benzene rings is 1. The van der Waals surface area contributed by atoms with Gasteiger partial charge >= 0.3 is 0 Å². The van der Waals surface area contributed by atoms with E-state index in [1.165, 1.54) is 17.6 Å². The molecule has 0 aliphatic heterocycles. The number of anilines is 1. The lowest BCUT2D eigenvalue weighted by atomic mass is 9.78. The van der Waals surface area contributed by atoms with Crippen LogP contribution in [0.5, 0.6) is 0 Å². The SMILES string of the molecule is C=C(C)C(=C(C)C)C(c1ccc(C#N)cc1C)c1cc(N)cnc1C.CC.CCC. The van der Waals surface area contributed by atoms with E-state index < -0.39 is 0 Å². The minimum Gasteiger partial charge on any atom is -0.397 e. The van der Waals surface area contributed by atoms with Crippen LogP contribution in [0.4, 0.5) is 5.69 Å². The van der Waals surface area contributed by atoms with Gasteiger partial charge in [-0.1, -0.05) is 57.9 Å². The standard InChI is InChI=1S/C22H25N3.C3H8.C2H6/c1-13(2)21(14(3)4)22(20-10-18(24)12-25-16(20)6)19-8-7-17(11-23)9-15(19)5;1-3-2;1-2/h7-10,12,22H,1,24H2,2-6H3;3H2,1-2H3;1-2H3. The van der Waals surface area contributed by atoms with Gasteiger partial charge in [-0.25, -0.2) is 0 Å². The topological polar surface area (TPSA) is 62.7 Å². The number of nitrogens with zero attached hydrogens (tertiary/aromatic N) is 2. The van der Waals surface area contributed by atoms with E-state index in [9.17, 15) is 5.26 Å². The quantitative estimate of drug-likeness (QED) is 0.531. The van der Waals surface area contributed by atoms with Crippen molar-refractivity contribution in [2.75, 3.05) is 5.73 Å². The molecule has 0 spiro atoms. The monoisotopic (exact) mass is 405 g/mol. The molecule has 0 radical (unpaired) electrons. The molecule has 0 amide bonds. The Morgan fingerprint density at radius 2 is 1.67 bits per heavy atom. The molecule has 2 aromatic rings. The summed E-state index contributed by atoms with van der Waals surface area (Å²) in [6.07, 6.45) is 2.94. The van der Waals surface area contributed by atoms with E-state index in [1.54, 1.807) is 6.20 Å². The average Bonchev–Trinajstić information content (AvgIpc) is 2.70. The first kappa shape index (κ1) is 27.1. The first-order chi connectivity index (χ1) is 14.2. The molecule has 3 heteroatoms. The van der Waals surface area contributed by atoms with Gasteiger partial charge in [-0.2, -0.15) is 5.26 Å². The summed E-state index contributed by atoms with van der Waals surface area (Å²) in [4.78, 5) is 4.46. The van der Waals surface area contributed by atoms with Crippen molar-refractivity contribution >= 4 is 5.69 Å². The summed E-state index contributed by atoms with van der Waals surface area (Å²) in [5.41, 5.74) is 15.0. The third-order valence-electron chi connectivity index (χ3n) is 4.46. The Labute approximate surface area is 184 Å². The molecule has 1 heterocycles. The number of nitrogen functional groups attached to an aromatic ring is 1. The summed E-state index contributed by atoms with van der Waals surface area (Å²) in [6, 6.07) is 10.0. The number of hydrogen-bond acceptors (Lipinski definition) is 3. The van der Waals surface area contributed by atoms with E-state index in [0.717, 1.165) is 28.0 Å². The molecule has 0 saturated heterocycles. The predicted molar refractivity (Wildman–Crippen MR) is 132 cm³/mol. The van der Waals surface area contributed by atoms with Crippen LogP contribution in [0.3, 0.4) is 0 Å². The van der Waals surface area contributed by atoms with Gasteiger partial charge in [-0.15, -0.1) is 0 Å². The van der Waals surface area contributed by atoms with Crippen LogP contribution in [0.15, 0.2) is 53.8 Å². The van der Waals surface area contributed by atoms with Gasteiger partial charge in [0.2, 0.25) is 0 Å². The van der Waals surface area contributed by atoms with E-state index in [2.05, 4.69) is 45.3 Å². The van der Waals surface area contributed by atoms with Crippen molar-refractivity contribution in [2.45, 2.75) is 74.7 Å². The summed E-state index contributed by atoms with van der Waals surface area (Å²) in [7, 11) is 0. The van der Waals surface area contributed by atoms with Crippen LogP contribution in [0.1, 0.15) is 88.8 Å². The molecule has 1 aromatic carbocycles. The zero-order valence-electron chi connectivity index (χ0n) is 20.4. The Balaban J connectivity index is 0.00000154. The zero-order chi connectivity index (χ0) is 23.4. The lowest BCUT2D eigenvalue weighted by Crippen LogP contribution is -2.12. The van der Waals surface area contributed by atoms with Gasteiger partial charge < -0.3 is 5.73 Å². The van der Waals surface area contributed by atoms with E-state index in [1.807, 2.05) is 58.9 Å². The largest absolute Gasteiger partial charge is 0.397 e. The first-order valence-corrected chi connectivity index (χ1v) is 10.7. The maximum Gasteiger partial charge on any atom is 0.0991 e. The highest BCUT2D eigenvalue weighted by Crippen LogP contribution is 2.40. The third-order valence-corrected chi connectivity index (χ3v) is 4.46. The van der Waals surface area contributed by atoms with Crippen molar-refractivity contribution in [1.29, 1.82) is 5.26 Å². The summed E-state index contributed by atoms with van der Waals surface area (Å²) < 4.78 is 0. The fourth-order valence-electron chi connectivity index (χ4n) is 3.37. The van der Waals surface area contributed by atoms with E-state index >= 15 is 0 Å². The summed E-state index contributed by atoms with van der Waals surface area (Å²) in [5.74, 6) is -0.00811. The molecule has 1 atom stereocenters. The third kappa shape index (κ3) is 7.19. The van der Waals surface area contributed by atoms with Crippen molar-refractivity contribution < 1.29 is 0 Å². The van der Waals surface area contributed by atoms with Gasteiger partial charge in [0, 0.05) is 11.6 Å². The Bertz CT molecular complexity index is 910. The van der Waals surface area contributed by atoms with Crippen molar-refractivity contribution in [3.63, 3.8) is 0 Å². The van der Waals surface area contributed by atoms with Crippen LogP contribution in [-0.4, -0.2) is 4.98 Å². The van der Waals surface area contributed by atoms with Crippen LogP contribution >= 0.6 is 0 Å². The zero-order valence-corrected chi connectivity index (χ0v) is 20.4. The number of pyridine rings is 1. The highest BCUT2D eigenvalue weighted by Gasteiger charge is 2.25. The van der Waals surface area contributed by atoms with Gasteiger partial charge in [0.15, 0.2) is 0 Å². The fourth-order valence-corrected chi connectivity index (χ4v) is 3.37. The van der Waals surface area contributed by atoms with Gasteiger partial charge in [0.25, 0.3) is 0 Å². The van der Waals surface area contributed by atoms with Gasteiger partial charge in [-0.05, 0) is 75.1 Å². The van der Waals surface area contributed by atoms with E-state index in [0.29, 0.717) is 11.3 Å². The molecular formula is C27H39N3. The van der Waals surface area contributed by atoms with Gasteiger partial charge in [0.05, 0.1) is 23.5 Å². The number of aromatic nitrogens is 1. The highest BCUT2D eigenvalue weighted by atomic mass is 14.7. The van der Waals surface area contributed by atoms with E-state index in [-0.39, 0.29) is 5.92 Å². The second-order valence-corrected chi connectivity index (χ2v) is 7.46. The second-order valence-electron chi connectivity index (χ2n) is 7.46. The molecule has 0 saturated carbocycles. The number of allylic oxidation sites excluding steroid dienone is 3. The number of aryl methyl sites for hydroxylation is 2. The number of nitriles is 1. The Morgan fingerprint density at radius 1 is 1.10 bits per heavy atom. The molecule has 1 aromatic heterocycles. The molecule has 0 aliphatic carbocycles. The summed E-state index contributed by atoms with van der Waals surface area (Å²) >= 11 is 0. The number of rotatable bonds is 4. The number of hydrogen-bond donors (Lipinski definition) is 1. The predicted octanol–water partition coefficient (Wildman–Crippen LogP) is 7.64. The second kappa shape index (κ2) is 13.4. The molecular weight excluding hydrogens is 366 g/mol. The van der Waals surface area contributed by atoms with E-state index in [4.69, 9.17) is 5.73 Å². The Hall–Kier alpha value is -2.86.